The quantitative estimate of drug-likeness (QED) is 0.660. The maximum Gasteiger partial charge on any atom is 0.227 e. The van der Waals surface area contributed by atoms with Gasteiger partial charge in [-0.15, -0.1) is 0 Å². The molecule has 1 aliphatic rings. The Morgan fingerprint density at radius 3 is 2.50 bits per heavy atom. The molecule has 0 amide bonds. The third-order valence-corrected chi connectivity index (χ3v) is 4.63. The van der Waals surface area contributed by atoms with E-state index in [1.165, 1.54) is 12.1 Å². The topological polar surface area (TPSA) is 73.6 Å². The van der Waals surface area contributed by atoms with Gasteiger partial charge in [-0.25, -0.2) is 14.4 Å². The molecule has 0 radical (unpaired) electrons. The first-order chi connectivity index (χ1) is 13.6. The molecular weight excluding hydrogens is 353 g/mol. The molecule has 0 atom stereocenters. The normalized spacial score (nSPS) is 14.0. The minimum Gasteiger partial charge on any atom is -0.367 e. The molecule has 0 aliphatic heterocycles. The molecule has 1 saturated carbocycles. The monoisotopic (exact) mass is 371 g/mol. The fourth-order valence-electron chi connectivity index (χ4n) is 2.87. The molecule has 2 N–H and O–H groups in total. The van der Waals surface area contributed by atoms with Crippen LogP contribution >= 0.6 is 0 Å². The first-order valence-electron chi connectivity index (χ1n) is 8.91. The number of aromatic nitrogens is 2. The van der Waals surface area contributed by atoms with Gasteiger partial charge in [0.2, 0.25) is 5.95 Å². The van der Waals surface area contributed by atoms with Gasteiger partial charge in [-0.2, -0.15) is 5.26 Å². The fraction of sp³-hybridized carbons (Fsp3) is 0.136. The number of nitrogens with zero attached hydrogens (tertiary/aromatic N) is 3. The second kappa shape index (κ2) is 7.12. The van der Waals surface area contributed by atoms with Crippen LogP contribution in [0, 0.1) is 17.1 Å². The molecule has 0 bridgehead atoms. The van der Waals surface area contributed by atoms with Crippen LogP contribution in [-0.4, -0.2) is 15.5 Å². The van der Waals surface area contributed by atoms with Crippen molar-refractivity contribution in [1.82, 2.24) is 15.3 Å². The minimum atomic E-state index is -0.462. The summed E-state index contributed by atoms with van der Waals surface area (Å²) >= 11 is 0. The Morgan fingerprint density at radius 1 is 1.07 bits per heavy atom. The highest BCUT2D eigenvalue weighted by Crippen LogP contribution is 2.36. The van der Waals surface area contributed by atoms with Gasteiger partial charge in [0.25, 0.3) is 0 Å². The maximum atomic E-state index is 13.4. The zero-order valence-electron chi connectivity index (χ0n) is 15.1. The van der Waals surface area contributed by atoms with Gasteiger partial charge < -0.3 is 10.6 Å². The van der Waals surface area contributed by atoms with Gasteiger partial charge in [0.05, 0.1) is 6.07 Å². The molecule has 1 heterocycles. The standard InChI is InChI=1S/C22H18FN5/c1-15(28-22(14-24)8-9-22)16-4-3-7-20(11-16)27-21-25-12-18(13-26-21)17-5-2-6-19(23)10-17/h2-7,10-13,28H,1,8-9H2,(H,25,26,27). The van der Waals surface area contributed by atoms with Crippen LogP contribution in [0.1, 0.15) is 18.4 Å². The number of benzene rings is 2. The molecule has 3 aromatic rings. The molecule has 138 valence electrons. The predicted octanol–water partition coefficient (Wildman–Crippen LogP) is 4.64. The first-order valence-corrected chi connectivity index (χ1v) is 8.91. The van der Waals surface area contributed by atoms with Crippen LogP contribution in [0.15, 0.2) is 67.5 Å². The van der Waals surface area contributed by atoms with E-state index >= 15 is 0 Å². The van der Waals surface area contributed by atoms with Gasteiger partial charge in [-0.1, -0.05) is 30.8 Å². The summed E-state index contributed by atoms with van der Waals surface area (Å²) in [5.74, 6) is 0.140. The summed E-state index contributed by atoms with van der Waals surface area (Å²) in [4.78, 5) is 8.62. The largest absolute Gasteiger partial charge is 0.367 e. The van der Waals surface area contributed by atoms with Crippen LogP contribution in [0.3, 0.4) is 0 Å². The van der Waals surface area contributed by atoms with E-state index in [1.807, 2.05) is 30.3 Å². The summed E-state index contributed by atoms with van der Waals surface area (Å²) in [6, 6.07) is 16.3. The van der Waals surface area contributed by atoms with Crippen LogP contribution < -0.4 is 10.6 Å². The summed E-state index contributed by atoms with van der Waals surface area (Å²) in [7, 11) is 0. The van der Waals surface area contributed by atoms with E-state index < -0.39 is 5.54 Å². The number of nitriles is 1. The molecule has 1 aromatic heterocycles. The van der Waals surface area contributed by atoms with Gasteiger partial charge >= 0.3 is 0 Å². The highest BCUT2D eigenvalue weighted by atomic mass is 19.1. The first kappa shape index (κ1) is 17.7. The lowest BCUT2D eigenvalue weighted by Gasteiger charge is -2.14. The molecule has 1 fully saturated rings. The third kappa shape index (κ3) is 3.84. The highest BCUT2D eigenvalue weighted by Gasteiger charge is 2.43. The van der Waals surface area contributed by atoms with Crippen molar-refractivity contribution in [2.75, 3.05) is 5.32 Å². The van der Waals surface area contributed by atoms with Crippen molar-refractivity contribution in [3.05, 3.63) is 78.9 Å². The van der Waals surface area contributed by atoms with Crippen molar-refractivity contribution in [3.8, 4) is 17.2 Å². The molecule has 2 aromatic carbocycles. The molecule has 0 spiro atoms. The van der Waals surface area contributed by atoms with Crippen molar-refractivity contribution in [2.45, 2.75) is 18.4 Å². The van der Waals surface area contributed by atoms with Gasteiger partial charge in [0.15, 0.2) is 0 Å². The van der Waals surface area contributed by atoms with Crippen molar-refractivity contribution in [3.63, 3.8) is 0 Å². The van der Waals surface area contributed by atoms with E-state index in [0.717, 1.165) is 35.2 Å². The Morgan fingerprint density at radius 2 is 1.82 bits per heavy atom. The molecule has 5 nitrogen and oxygen atoms in total. The van der Waals surface area contributed by atoms with Gasteiger partial charge in [0, 0.05) is 29.3 Å². The molecule has 0 unspecified atom stereocenters. The number of anilines is 2. The Balaban J connectivity index is 1.47. The van der Waals surface area contributed by atoms with E-state index in [-0.39, 0.29) is 5.82 Å². The molecule has 0 saturated heterocycles. The van der Waals surface area contributed by atoms with Crippen LogP contribution in [-0.2, 0) is 0 Å². The van der Waals surface area contributed by atoms with E-state index in [9.17, 15) is 9.65 Å². The lowest BCUT2D eigenvalue weighted by atomic mass is 10.1. The summed E-state index contributed by atoms with van der Waals surface area (Å²) in [5, 5.41) is 15.6. The van der Waals surface area contributed by atoms with E-state index in [1.54, 1.807) is 18.5 Å². The Bertz CT molecular complexity index is 1060. The fourth-order valence-corrected chi connectivity index (χ4v) is 2.87. The second-order valence-electron chi connectivity index (χ2n) is 6.81. The van der Waals surface area contributed by atoms with Crippen molar-refractivity contribution < 1.29 is 4.39 Å². The minimum absolute atomic E-state index is 0.297. The third-order valence-electron chi connectivity index (χ3n) is 4.63. The Kier molecular flexibility index (Phi) is 4.50. The molecular formula is C22H18FN5. The molecule has 6 heteroatoms. The predicted molar refractivity (Wildman–Crippen MR) is 107 cm³/mol. The Hall–Kier alpha value is -3.72. The second-order valence-corrected chi connectivity index (χ2v) is 6.81. The van der Waals surface area contributed by atoms with E-state index in [0.29, 0.717) is 11.6 Å². The van der Waals surface area contributed by atoms with Crippen LogP contribution in [0.2, 0.25) is 0 Å². The van der Waals surface area contributed by atoms with Crippen molar-refractivity contribution in [1.29, 1.82) is 5.26 Å². The maximum absolute atomic E-state index is 13.4. The van der Waals surface area contributed by atoms with E-state index in [2.05, 4.69) is 33.2 Å². The lowest BCUT2D eigenvalue weighted by Crippen LogP contribution is -2.27. The molecule has 4 rings (SSSR count). The average molecular weight is 371 g/mol. The molecule has 28 heavy (non-hydrogen) atoms. The summed E-state index contributed by atoms with van der Waals surface area (Å²) in [6.45, 7) is 4.05. The van der Waals surface area contributed by atoms with Crippen LogP contribution in [0.5, 0.6) is 0 Å². The summed E-state index contributed by atoms with van der Waals surface area (Å²) < 4.78 is 13.4. The van der Waals surface area contributed by atoms with Gasteiger partial charge in [0.1, 0.15) is 11.4 Å². The average Bonchev–Trinajstić information content (AvgIpc) is 3.49. The molecule has 1 aliphatic carbocycles. The van der Waals surface area contributed by atoms with Gasteiger partial charge in [-0.05, 0) is 48.2 Å². The smallest absolute Gasteiger partial charge is 0.227 e. The SMILES string of the molecule is C=C(NC1(C#N)CC1)c1cccc(Nc2ncc(-c3cccc(F)c3)cn2)c1. The van der Waals surface area contributed by atoms with E-state index in [4.69, 9.17) is 0 Å². The summed E-state index contributed by atoms with van der Waals surface area (Å²) in [6.07, 6.45) is 4.98. The van der Waals surface area contributed by atoms with Crippen molar-refractivity contribution in [2.24, 2.45) is 0 Å². The number of halogens is 1. The number of hydrogen-bond donors (Lipinski definition) is 2. The van der Waals surface area contributed by atoms with Crippen molar-refractivity contribution >= 4 is 17.3 Å². The number of nitrogens with one attached hydrogen (secondary N) is 2. The summed E-state index contributed by atoms with van der Waals surface area (Å²) in [5.41, 5.74) is 3.41. The Labute approximate surface area is 162 Å². The number of rotatable bonds is 6. The lowest BCUT2D eigenvalue weighted by molar-refractivity contribution is 0.628. The highest BCUT2D eigenvalue weighted by molar-refractivity contribution is 5.69. The number of hydrogen-bond acceptors (Lipinski definition) is 5. The van der Waals surface area contributed by atoms with Crippen LogP contribution in [0.25, 0.3) is 16.8 Å². The van der Waals surface area contributed by atoms with Crippen LogP contribution in [0.4, 0.5) is 16.0 Å². The zero-order chi connectivity index (χ0) is 19.6. The zero-order valence-corrected chi connectivity index (χ0v) is 15.1. The van der Waals surface area contributed by atoms with Gasteiger partial charge in [-0.3, -0.25) is 0 Å².